The first-order valence-corrected chi connectivity index (χ1v) is 13.4. The maximum Gasteiger partial charge on any atom is 0.234 e. The van der Waals surface area contributed by atoms with Gasteiger partial charge in [0.1, 0.15) is 11.6 Å². The third-order valence-corrected chi connectivity index (χ3v) is 7.42. The van der Waals surface area contributed by atoms with Crippen LogP contribution < -0.4 is 10.2 Å². The molecule has 0 unspecified atom stereocenters. The fourth-order valence-electron chi connectivity index (χ4n) is 4.31. The number of carbonyl (C=O) groups is 1. The summed E-state index contributed by atoms with van der Waals surface area (Å²) in [5.74, 6) is 3.06. The Morgan fingerprint density at radius 1 is 1.09 bits per heavy atom. The number of likely N-dealkylation sites (N-methyl/N-ethyl adjacent to an activating group) is 1. The monoisotopic (exact) mass is 491 g/mol. The maximum absolute atomic E-state index is 12.0. The number of ketones is 1. The molecule has 3 heterocycles. The van der Waals surface area contributed by atoms with Crippen molar-refractivity contribution in [1.82, 2.24) is 19.9 Å². The first-order valence-electron chi connectivity index (χ1n) is 12.6. The number of benzene rings is 1. The zero-order valence-electron chi connectivity index (χ0n) is 20.5. The molecule has 1 aliphatic carbocycles. The molecule has 1 saturated carbocycles. The van der Waals surface area contributed by atoms with Crippen LogP contribution >= 0.6 is 11.8 Å². The van der Waals surface area contributed by atoms with Crippen LogP contribution in [0.3, 0.4) is 0 Å². The van der Waals surface area contributed by atoms with E-state index in [1.54, 1.807) is 0 Å². The summed E-state index contributed by atoms with van der Waals surface area (Å²) in [7, 11) is 2.14. The van der Waals surface area contributed by atoms with Crippen LogP contribution in [0.1, 0.15) is 38.2 Å². The van der Waals surface area contributed by atoms with Gasteiger partial charge in [0.05, 0.1) is 6.54 Å². The average Bonchev–Trinajstić information content (AvgIpc) is 3.60. The van der Waals surface area contributed by atoms with Crippen LogP contribution in [0.4, 0.5) is 11.9 Å². The molecule has 1 saturated heterocycles. The van der Waals surface area contributed by atoms with Gasteiger partial charge in [0.25, 0.3) is 0 Å². The predicted molar refractivity (Wildman–Crippen MR) is 140 cm³/mol. The number of piperazine rings is 1. The molecule has 184 valence electrons. The van der Waals surface area contributed by atoms with Gasteiger partial charge in [0, 0.05) is 43.9 Å². The Balaban J connectivity index is 1.33. The van der Waals surface area contributed by atoms with E-state index >= 15 is 0 Å². The molecule has 8 nitrogen and oxygen atoms in total. The molecule has 1 N–H and O–H groups in total. The van der Waals surface area contributed by atoms with E-state index in [-0.39, 0.29) is 5.78 Å². The van der Waals surface area contributed by atoms with E-state index in [0.717, 1.165) is 55.4 Å². The molecule has 0 atom stereocenters. The fraction of sp³-hybridized carbons (Fsp3) is 0.500. The molecule has 5 rings (SSSR count). The van der Waals surface area contributed by atoms with E-state index in [1.807, 2.05) is 31.2 Å². The minimum absolute atomic E-state index is 0.284. The first kappa shape index (κ1) is 23.9. The van der Waals surface area contributed by atoms with Crippen molar-refractivity contribution in [2.75, 3.05) is 50.0 Å². The van der Waals surface area contributed by atoms with Gasteiger partial charge in [-0.3, -0.25) is 9.79 Å². The lowest BCUT2D eigenvalue weighted by molar-refractivity contribution is -0.118. The van der Waals surface area contributed by atoms with Gasteiger partial charge in [-0.1, -0.05) is 19.1 Å². The number of hydrogen-bond acceptors (Lipinski definition) is 9. The van der Waals surface area contributed by atoms with Crippen LogP contribution in [-0.4, -0.2) is 71.2 Å². The summed E-state index contributed by atoms with van der Waals surface area (Å²) >= 11 is 1.51. The van der Waals surface area contributed by atoms with Gasteiger partial charge < -0.3 is 15.1 Å². The zero-order chi connectivity index (χ0) is 24.2. The minimum Gasteiger partial charge on any atom is -0.338 e. The largest absolute Gasteiger partial charge is 0.338 e. The number of Topliss-reactive ketones (excluding diaryl/α,β-unsaturated/α-hetero) is 1. The molecule has 0 radical (unpaired) electrons. The van der Waals surface area contributed by atoms with E-state index in [4.69, 9.17) is 15.0 Å². The molecule has 2 aliphatic heterocycles. The van der Waals surface area contributed by atoms with Gasteiger partial charge in [-0.05, 0) is 73.3 Å². The van der Waals surface area contributed by atoms with E-state index in [2.05, 4.69) is 33.2 Å². The van der Waals surface area contributed by atoms with Gasteiger partial charge in [-0.2, -0.15) is 15.0 Å². The number of hydrogen-bond donors (Lipinski definition) is 1. The normalized spacial score (nSPS) is 18.4. The molecule has 3 aliphatic rings. The molecule has 0 spiro atoms. The van der Waals surface area contributed by atoms with Crippen molar-refractivity contribution in [1.29, 1.82) is 0 Å². The summed E-state index contributed by atoms with van der Waals surface area (Å²) in [6.45, 7) is 6.55. The fourth-order valence-corrected chi connectivity index (χ4v) is 5.05. The summed E-state index contributed by atoms with van der Waals surface area (Å²) in [6.07, 6.45) is 6.73. The molecule has 0 bridgehead atoms. The second-order valence-electron chi connectivity index (χ2n) is 9.56. The van der Waals surface area contributed by atoms with E-state index < -0.39 is 0 Å². The van der Waals surface area contributed by atoms with Gasteiger partial charge in [-0.25, -0.2) is 0 Å². The number of rotatable bonds is 9. The highest BCUT2D eigenvalue weighted by molar-refractivity contribution is 7.99. The predicted octanol–water partition coefficient (Wildman–Crippen LogP) is 3.85. The zero-order valence-corrected chi connectivity index (χ0v) is 21.4. The van der Waals surface area contributed by atoms with Crippen LogP contribution in [0.25, 0.3) is 0 Å². The first-order chi connectivity index (χ1) is 17.1. The third-order valence-electron chi connectivity index (χ3n) is 6.55. The van der Waals surface area contributed by atoms with Crippen molar-refractivity contribution in [3.63, 3.8) is 0 Å². The Labute approximate surface area is 211 Å². The molecule has 0 amide bonds. The molecule has 2 fully saturated rings. The molecular formula is C26H33N7OS. The van der Waals surface area contributed by atoms with Gasteiger partial charge in [0.2, 0.25) is 11.9 Å². The lowest BCUT2D eigenvalue weighted by atomic mass is 10.1. The highest BCUT2D eigenvalue weighted by atomic mass is 32.2. The topological polar surface area (TPSA) is 86.6 Å². The SMILES string of the molecule is CCCC(=O)Cc1ccc(Sc2nc(NC3=NCC(C4CC4)=C3)nc(N3CCN(C)CC3)n2)cc1. The summed E-state index contributed by atoms with van der Waals surface area (Å²) in [6, 6.07) is 8.12. The molecular weight excluding hydrogens is 458 g/mol. The molecule has 35 heavy (non-hydrogen) atoms. The second-order valence-corrected chi connectivity index (χ2v) is 10.6. The van der Waals surface area contributed by atoms with Gasteiger partial charge in [0.15, 0.2) is 5.16 Å². The van der Waals surface area contributed by atoms with Crippen molar-refractivity contribution < 1.29 is 4.79 Å². The van der Waals surface area contributed by atoms with E-state index in [1.165, 1.54) is 30.2 Å². The van der Waals surface area contributed by atoms with Gasteiger partial charge in [-0.15, -0.1) is 0 Å². The number of aromatic nitrogens is 3. The Hall–Kier alpha value is -2.78. The number of nitrogens with one attached hydrogen (secondary N) is 1. The second kappa shape index (κ2) is 10.9. The summed E-state index contributed by atoms with van der Waals surface area (Å²) in [5, 5.41) is 3.98. The van der Waals surface area contributed by atoms with Crippen LogP contribution in [0.2, 0.25) is 0 Å². The van der Waals surface area contributed by atoms with Crippen molar-refractivity contribution in [2.45, 2.75) is 49.1 Å². The molecule has 1 aromatic carbocycles. The lowest BCUT2D eigenvalue weighted by Crippen LogP contribution is -2.45. The number of aliphatic imine (C=N–C) groups is 1. The van der Waals surface area contributed by atoms with E-state index in [9.17, 15) is 4.79 Å². The van der Waals surface area contributed by atoms with Crippen molar-refractivity contribution in [3.05, 3.63) is 41.5 Å². The van der Waals surface area contributed by atoms with Gasteiger partial charge >= 0.3 is 0 Å². The summed E-state index contributed by atoms with van der Waals surface area (Å²) < 4.78 is 0. The Morgan fingerprint density at radius 2 is 1.86 bits per heavy atom. The maximum atomic E-state index is 12.0. The number of anilines is 2. The lowest BCUT2D eigenvalue weighted by Gasteiger charge is -2.32. The van der Waals surface area contributed by atoms with Crippen LogP contribution in [-0.2, 0) is 11.2 Å². The highest BCUT2D eigenvalue weighted by Crippen LogP contribution is 2.38. The van der Waals surface area contributed by atoms with Crippen molar-refractivity contribution in [3.8, 4) is 0 Å². The number of nitrogens with zero attached hydrogens (tertiary/aromatic N) is 6. The quantitative estimate of drug-likeness (QED) is 0.566. The van der Waals surface area contributed by atoms with Crippen LogP contribution in [0.15, 0.2) is 51.0 Å². The van der Waals surface area contributed by atoms with Crippen LogP contribution in [0.5, 0.6) is 0 Å². The number of carbonyl (C=O) groups excluding carboxylic acids is 1. The Kier molecular flexibility index (Phi) is 7.43. The smallest absolute Gasteiger partial charge is 0.234 e. The highest BCUT2D eigenvalue weighted by Gasteiger charge is 2.28. The average molecular weight is 492 g/mol. The Bertz CT molecular complexity index is 1120. The standard InChI is InChI=1S/C26H33N7OS/c1-3-4-21(34)15-18-5-9-22(10-6-18)35-26-30-24(28-23-16-20(17-27-23)19-7-8-19)29-25(31-26)33-13-11-32(2)12-14-33/h5-6,9-10,16,19H,3-4,7-8,11-15,17H2,1-2H3,(H,27,28,29,30,31). The minimum atomic E-state index is 0.284. The van der Waals surface area contributed by atoms with Crippen molar-refractivity contribution in [2.24, 2.45) is 10.9 Å². The summed E-state index contributed by atoms with van der Waals surface area (Å²) in [4.78, 5) is 36.5. The third kappa shape index (κ3) is 6.46. The Morgan fingerprint density at radius 3 is 2.57 bits per heavy atom. The number of amidine groups is 1. The van der Waals surface area contributed by atoms with Crippen LogP contribution in [0, 0.1) is 5.92 Å². The molecule has 9 heteroatoms. The van der Waals surface area contributed by atoms with E-state index in [0.29, 0.717) is 35.8 Å². The molecule has 1 aromatic heterocycles. The summed E-state index contributed by atoms with van der Waals surface area (Å²) in [5.41, 5.74) is 2.45. The molecule has 2 aromatic rings. The van der Waals surface area contributed by atoms with Crippen molar-refractivity contribution >= 4 is 35.3 Å².